The van der Waals surface area contributed by atoms with Crippen LogP contribution < -0.4 is 10.1 Å². The van der Waals surface area contributed by atoms with Crippen molar-refractivity contribution in [1.82, 2.24) is 9.88 Å². The smallest absolute Gasteiger partial charge is 0.327 e. The van der Waals surface area contributed by atoms with Crippen LogP contribution >= 0.6 is 11.3 Å². The number of hydrogen-bond acceptors (Lipinski definition) is 2. The first-order chi connectivity index (χ1) is 9.90. The standard InChI is InChI=1S/C13H14F3N3OS/c1-2-7-19-9-5-3-4-6-10(9)21-12(19)18-11(20)17-8-13(14,15)16/h3-6H,2,7-8H2,1H3,(H,17,20). The van der Waals surface area contributed by atoms with Crippen molar-refractivity contribution in [2.75, 3.05) is 6.54 Å². The van der Waals surface area contributed by atoms with Crippen molar-refractivity contribution < 1.29 is 18.0 Å². The van der Waals surface area contributed by atoms with Crippen molar-refractivity contribution in [3.05, 3.63) is 29.1 Å². The van der Waals surface area contributed by atoms with Gasteiger partial charge in [0.15, 0.2) is 4.80 Å². The van der Waals surface area contributed by atoms with Crippen molar-refractivity contribution in [2.45, 2.75) is 26.1 Å². The Kier molecular flexibility index (Phi) is 4.66. The summed E-state index contributed by atoms with van der Waals surface area (Å²) in [7, 11) is 0. The molecular weight excluding hydrogens is 303 g/mol. The number of thiazole rings is 1. The highest BCUT2D eigenvalue weighted by Gasteiger charge is 2.27. The monoisotopic (exact) mass is 317 g/mol. The molecule has 1 heterocycles. The molecule has 0 aliphatic carbocycles. The van der Waals surface area contributed by atoms with Gasteiger partial charge in [-0.05, 0) is 18.6 Å². The Morgan fingerprint density at radius 2 is 2.10 bits per heavy atom. The third kappa shape index (κ3) is 4.07. The maximum absolute atomic E-state index is 12.1. The summed E-state index contributed by atoms with van der Waals surface area (Å²) in [6.45, 7) is 1.25. The van der Waals surface area contributed by atoms with Gasteiger partial charge in [-0.3, -0.25) is 0 Å². The number of halogens is 3. The lowest BCUT2D eigenvalue weighted by molar-refractivity contribution is -0.122. The van der Waals surface area contributed by atoms with E-state index in [1.165, 1.54) is 11.3 Å². The summed E-state index contributed by atoms with van der Waals surface area (Å²) in [6, 6.07) is 6.54. The van der Waals surface area contributed by atoms with E-state index in [4.69, 9.17) is 0 Å². The normalized spacial score (nSPS) is 12.9. The fraction of sp³-hybridized carbons (Fsp3) is 0.385. The van der Waals surface area contributed by atoms with Crippen LogP contribution in [0.1, 0.15) is 13.3 Å². The summed E-state index contributed by atoms with van der Waals surface area (Å²) < 4.78 is 39.0. The molecule has 0 aliphatic heterocycles. The van der Waals surface area contributed by atoms with Crippen LogP contribution in [0, 0.1) is 0 Å². The highest BCUT2D eigenvalue weighted by Crippen LogP contribution is 2.17. The Morgan fingerprint density at radius 1 is 1.38 bits per heavy atom. The lowest BCUT2D eigenvalue weighted by Gasteiger charge is -2.05. The third-order valence-electron chi connectivity index (χ3n) is 2.67. The van der Waals surface area contributed by atoms with Crippen LogP contribution in [0.3, 0.4) is 0 Å². The number of urea groups is 1. The van der Waals surface area contributed by atoms with E-state index in [9.17, 15) is 18.0 Å². The molecule has 1 aromatic heterocycles. The van der Waals surface area contributed by atoms with Gasteiger partial charge >= 0.3 is 12.2 Å². The van der Waals surface area contributed by atoms with Gasteiger partial charge in [-0.1, -0.05) is 30.4 Å². The minimum Gasteiger partial charge on any atom is -0.327 e. The number of para-hydroxylation sites is 1. The summed E-state index contributed by atoms with van der Waals surface area (Å²) >= 11 is 1.28. The summed E-state index contributed by atoms with van der Waals surface area (Å²) in [6.07, 6.45) is -3.61. The zero-order chi connectivity index (χ0) is 15.5. The highest BCUT2D eigenvalue weighted by atomic mass is 32.1. The molecule has 2 rings (SSSR count). The molecule has 8 heteroatoms. The van der Waals surface area contributed by atoms with Gasteiger partial charge in [0.1, 0.15) is 6.54 Å². The number of aryl methyl sites for hydroxylation is 1. The summed E-state index contributed by atoms with van der Waals surface area (Å²) in [5.41, 5.74) is 0.923. The Morgan fingerprint density at radius 3 is 2.76 bits per heavy atom. The van der Waals surface area contributed by atoms with Gasteiger partial charge < -0.3 is 9.88 Å². The quantitative estimate of drug-likeness (QED) is 0.928. The molecule has 21 heavy (non-hydrogen) atoms. The summed E-state index contributed by atoms with van der Waals surface area (Å²) in [5.74, 6) is 0. The minimum atomic E-state index is -4.44. The number of nitrogens with zero attached hydrogens (tertiary/aromatic N) is 2. The molecule has 2 aromatic rings. The lowest BCUT2D eigenvalue weighted by atomic mass is 10.3. The second kappa shape index (κ2) is 6.30. The summed E-state index contributed by atoms with van der Waals surface area (Å²) in [4.78, 5) is 15.7. The molecule has 0 radical (unpaired) electrons. The third-order valence-corrected chi connectivity index (χ3v) is 3.73. The highest BCUT2D eigenvalue weighted by molar-refractivity contribution is 7.16. The van der Waals surface area contributed by atoms with Gasteiger partial charge in [0.25, 0.3) is 0 Å². The number of amides is 2. The van der Waals surface area contributed by atoms with Gasteiger partial charge in [0.2, 0.25) is 0 Å². The van der Waals surface area contributed by atoms with Crippen molar-refractivity contribution in [3.8, 4) is 0 Å². The maximum Gasteiger partial charge on any atom is 0.405 e. The SMILES string of the molecule is CCCn1c(=NC(=O)NCC(F)(F)F)sc2ccccc21. The molecular formula is C13H14F3N3OS. The number of aromatic nitrogens is 1. The topological polar surface area (TPSA) is 46.4 Å². The number of carbonyl (C=O) groups is 1. The van der Waals surface area contributed by atoms with Crippen LogP contribution in [0.15, 0.2) is 29.3 Å². The molecule has 0 saturated carbocycles. The number of hydrogen-bond donors (Lipinski definition) is 1. The fourth-order valence-corrected chi connectivity index (χ4v) is 2.90. The fourth-order valence-electron chi connectivity index (χ4n) is 1.85. The van der Waals surface area contributed by atoms with Crippen molar-refractivity contribution in [3.63, 3.8) is 0 Å². The molecule has 2 amide bonds. The molecule has 0 aliphatic rings. The molecule has 0 spiro atoms. The number of rotatable bonds is 3. The molecule has 0 atom stereocenters. The first kappa shape index (κ1) is 15.6. The predicted molar refractivity (Wildman–Crippen MR) is 75.1 cm³/mol. The zero-order valence-electron chi connectivity index (χ0n) is 11.3. The molecule has 4 nitrogen and oxygen atoms in total. The van der Waals surface area contributed by atoms with Crippen LogP contribution in [0.25, 0.3) is 10.2 Å². The number of fused-ring (bicyclic) bond motifs is 1. The van der Waals surface area contributed by atoms with Gasteiger partial charge in [-0.15, -0.1) is 0 Å². The number of alkyl halides is 3. The Bertz CT molecular complexity index is 702. The van der Waals surface area contributed by atoms with E-state index in [1.54, 1.807) is 5.32 Å². The second-order valence-electron chi connectivity index (χ2n) is 4.39. The van der Waals surface area contributed by atoms with E-state index in [2.05, 4.69) is 4.99 Å². The Hall–Kier alpha value is -1.83. The predicted octanol–water partition coefficient (Wildman–Crippen LogP) is 3.29. The van der Waals surface area contributed by atoms with E-state index in [1.807, 2.05) is 35.8 Å². The van der Waals surface area contributed by atoms with Crippen LogP contribution in [-0.4, -0.2) is 23.3 Å². The minimum absolute atomic E-state index is 0.401. The summed E-state index contributed by atoms with van der Waals surface area (Å²) in [5, 5.41) is 1.75. The van der Waals surface area contributed by atoms with Gasteiger partial charge in [-0.2, -0.15) is 18.2 Å². The zero-order valence-corrected chi connectivity index (χ0v) is 12.1. The number of carbonyl (C=O) groups excluding carboxylic acids is 1. The Labute approximate surface area is 122 Å². The Balaban J connectivity index is 2.33. The van der Waals surface area contributed by atoms with E-state index in [-0.39, 0.29) is 0 Å². The molecule has 0 bridgehead atoms. The first-order valence-electron chi connectivity index (χ1n) is 6.38. The van der Waals surface area contributed by atoms with E-state index >= 15 is 0 Å². The van der Waals surface area contributed by atoms with Gasteiger partial charge in [0, 0.05) is 6.54 Å². The first-order valence-corrected chi connectivity index (χ1v) is 7.20. The second-order valence-corrected chi connectivity index (χ2v) is 5.40. The average Bonchev–Trinajstić information content (AvgIpc) is 2.74. The number of nitrogens with one attached hydrogen (secondary N) is 1. The lowest BCUT2D eigenvalue weighted by Crippen LogP contribution is -2.33. The van der Waals surface area contributed by atoms with Crippen LogP contribution in [-0.2, 0) is 6.54 Å². The average molecular weight is 317 g/mol. The van der Waals surface area contributed by atoms with Crippen molar-refractivity contribution in [1.29, 1.82) is 0 Å². The van der Waals surface area contributed by atoms with Crippen LogP contribution in [0.2, 0.25) is 0 Å². The molecule has 0 saturated heterocycles. The van der Waals surface area contributed by atoms with E-state index < -0.39 is 18.8 Å². The molecule has 0 fully saturated rings. The van der Waals surface area contributed by atoms with Crippen LogP contribution in [0.5, 0.6) is 0 Å². The van der Waals surface area contributed by atoms with Gasteiger partial charge in [0.05, 0.1) is 10.2 Å². The van der Waals surface area contributed by atoms with Gasteiger partial charge in [-0.25, -0.2) is 4.79 Å². The molecule has 0 unspecified atom stereocenters. The molecule has 114 valence electrons. The largest absolute Gasteiger partial charge is 0.405 e. The number of benzene rings is 1. The molecule has 1 aromatic carbocycles. The maximum atomic E-state index is 12.1. The van der Waals surface area contributed by atoms with Crippen LogP contribution in [0.4, 0.5) is 18.0 Å². The van der Waals surface area contributed by atoms with Crippen molar-refractivity contribution >= 4 is 27.6 Å². The van der Waals surface area contributed by atoms with Crippen molar-refractivity contribution in [2.24, 2.45) is 4.99 Å². The van der Waals surface area contributed by atoms with E-state index in [0.717, 1.165) is 16.6 Å². The molecule has 1 N–H and O–H groups in total. The van der Waals surface area contributed by atoms with E-state index in [0.29, 0.717) is 11.3 Å².